The average molecular weight is 220 g/mol. The second kappa shape index (κ2) is 3.67. The predicted octanol–water partition coefficient (Wildman–Crippen LogP) is 1.68. The maximum absolute atomic E-state index is 9.15. The SMILES string of the molecule is Oc1ccc(O)n1CCCBr. The molecular weight excluding hydrogens is 210 g/mol. The molecule has 62 valence electrons. The maximum Gasteiger partial charge on any atom is 0.193 e. The Morgan fingerprint density at radius 3 is 2.27 bits per heavy atom. The average Bonchev–Trinajstić information content (AvgIpc) is 2.29. The fourth-order valence-electron chi connectivity index (χ4n) is 0.893. The first-order chi connectivity index (χ1) is 5.25. The van der Waals surface area contributed by atoms with Gasteiger partial charge in [-0.3, -0.25) is 4.57 Å². The Bertz CT molecular complexity index is 215. The van der Waals surface area contributed by atoms with E-state index in [0.717, 1.165) is 11.8 Å². The summed E-state index contributed by atoms with van der Waals surface area (Å²) in [5, 5.41) is 19.2. The second-order valence-corrected chi connectivity index (χ2v) is 3.04. The van der Waals surface area contributed by atoms with Gasteiger partial charge in [0.1, 0.15) is 0 Å². The lowest BCUT2D eigenvalue weighted by Crippen LogP contribution is -1.96. The molecule has 0 radical (unpaired) electrons. The second-order valence-electron chi connectivity index (χ2n) is 2.24. The highest BCUT2D eigenvalue weighted by Gasteiger charge is 2.03. The van der Waals surface area contributed by atoms with E-state index in [9.17, 15) is 0 Å². The number of aromatic hydroxyl groups is 2. The maximum atomic E-state index is 9.15. The standard InChI is InChI=1S/C7H10BrNO2/c8-4-1-5-9-6(10)2-3-7(9)11/h2-3,10-11H,1,4-5H2. The molecule has 0 aliphatic heterocycles. The molecule has 2 N–H and O–H groups in total. The van der Waals surface area contributed by atoms with E-state index in [-0.39, 0.29) is 11.8 Å². The molecule has 0 bridgehead atoms. The highest BCUT2D eigenvalue weighted by atomic mass is 79.9. The minimum absolute atomic E-state index is 0.114. The van der Waals surface area contributed by atoms with E-state index < -0.39 is 0 Å². The van der Waals surface area contributed by atoms with Crippen LogP contribution in [0.3, 0.4) is 0 Å². The Morgan fingerprint density at radius 2 is 1.82 bits per heavy atom. The van der Waals surface area contributed by atoms with Gasteiger partial charge < -0.3 is 10.2 Å². The molecule has 0 saturated heterocycles. The molecule has 0 spiro atoms. The number of hydrogen-bond acceptors (Lipinski definition) is 2. The van der Waals surface area contributed by atoms with Crippen LogP contribution in [-0.2, 0) is 6.54 Å². The minimum atomic E-state index is 0.114. The molecule has 0 amide bonds. The van der Waals surface area contributed by atoms with Crippen molar-refractivity contribution in [1.82, 2.24) is 4.57 Å². The van der Waals surface area contributed by atoms with Gasteiger partial charge >= 0.3 is 0 Å². The van der Waals surface area contributed by atoms with E-state index >= 15 is 0 Å². The third kappa shape index (κ3) is 1.89. The highest BCUT2D eigenvalue weighted by Crippen LogP contribution is 2.20. The van der Waals surface area contributed by atoms with E-state index in [1.165, 1.54) is 16.7 Å². The smallest absolute Gasteiger partial charge is 0.193 e. The van der Waals surface area contributed by atoms with Crippen LogP contribution in [0.25, 0.3) is 0 Å². The molecule has 0 aromatic carbocycles. The largest absolute Gasteiger partial charge is 0.494 e. The van der Waals surface area contributed by atoms with Crippen LogP contribution < -0.4 is 0 Å². The number of aromatic nitrogens is 1. The van der Waals surface area contributed by atoms with E-state index in [2.05, 4.69) is 15.9 Å². The fraction of sp³-hybridized carbons (Fsp3) is 0.429. The Kier molecular flexibility index (Phi) is 2.82. The minimum Gasteiger partial charge on any atom is -0.494 e. The third-order valence-corrected chi connectivity index (χ3v) is 2.01. The van der Waals surface area contributed by atoms with E-state index in [1.54, 1.807) is 0 Å². The fourth-order valence-corrected chi connectivity index (χ4v) is 1.14. The summed E-state index contributed by atoms with van der Waals surface area (Å²) in [5.41, 5.74) is 0. The molecule has 0 aliphatic carbocycles. The van der Waals surface area contributed by atoms with Crippen LogP contribution in [0.1, 0.15) is 6.42 Å². The van der Waals surface area contributed by atoms with Gasteiger partial charge in [0.2, 0.25) is 0 Å². The molecule has 1 aromatic rings. The molecule has 0 saturated carbocycles. The van der Waals surface area contributed by atoms with Crippen LogP contribution in [0.5, 0.6) is 11.8 Å². The number of hydrogen-bond donors (Lipinski definition) is 2. The molecule has 0 aliphatic rings. The number of alkyl halides is 1. The predicted molar refractivity (Wildman–Crippen MR) is 46.2 cm³/mol. The summed E-state index contributed by atoms with van der Waals surface area (Å²) in [7, 11) is 0. The van der Waals surface area contributed by atoms with E-state index in [4.69, 9.17) is 10.2 Å². The molecular formula is C7H10BrNO2. The zero-order valence-electron chi connectivity index (χ0n) is 6.00. The zero-order valence-corrected chi connectivity index (χ0v) is 7.58. The van der Waals surface area contributed by atoms with Crippen molar-refractivity contribution in [3.8, 4) is 11.8 Å². The lowest BCUT2D eigenvalue weighted by Gasteiger charge is -2.03. The molecule has 0 atom stereocenters. The van der Waals surface area contributed by atoms with Crippen molar-refractivity contribution in [2.24, 2.45) is 0 Å². The van der Waals surface area contributed by atoms with Crippen LogP contribution in [0.4, 0.5) is 0 Å². The lowest BCUT2D eigenvalue weighted by molar-refractivity contribution is 0.367. The summed E-state index contributed by atoms with van der Waals surface area (Å²) in [6, 6.07) is 2.95. The third-order valence-electron chi connectivity index (χ3n) is 1.45. The molecule has 1 heterocycles. The van der Waals surface area contributed by atoms with Gasteiger partial charge in [-0.25, -0.2) is 0 Å². The first kappa shape index (κ1) is 8.46. The van der Waals surface area contributed by atoms with Crippen LogP contribution in [-0.4, -0.2) is 20.1 Å². The monoisotopic (exact) mass is 219 g/mol. The van der Waals surface area contributed by atoms with Crippen LogP contribution in [0.15, 0.2) is 12.1 Å². The number of nitrogens with zero attached hydrogens (tertiary/aromatic N) is 1. The molecule has 1 rings (SSSR count). The van der Waals surface area contributed by atoms with Crippen molar-refractivity contribution in [3.05, 3.63) is 12.1 Å². The van der Waals surface area contributed by atoms with Gasteiger partial charge in [-0.2, -0.15) is 0 Å². The summed E-state index contributed by atoms with van der Waals surface area (Å²) < 4.78 is 1.46. The molecule has 1 aromatic heterocycles. The molecule has 4 heteroatoms. The summed E-state index contributed by atoms with van der Waals surface area (Å²) in [6.45, 7) is 0.635. The van der Waals surface area contributed by atoms with Crippen molar-refractivity contribution in [2.45, 2.75) is 13.0 Å². The molecule has 0 fully saturated rings. The van der Waals surface area contributed by atoms with Crippen LogP contribution >= 0.6 is 15.9 Å². The van der Waals surface area contributed by atoms with Gasteiger partial charge in [0, 0.05) is 24.0 Å². The van der Waals surface area contributed by atoms with E-state index in [0.29, 0.717) is 6.54 Å². The van der Waals surface area contributed by atoms with Crippen LogP contribution in [0, 0.1) is 0 Å². The van der Waals surface area contributed by atoms with Crippen molar-refractivity contribution in [2.75, 3.05) is 5.33 Å². The Morgan fingerprint density at radius 1 is 1.27 bits per heavy atom. The Hall–Kier alpha value is -0.640. The van der Waals surface area contributed by atoms with Crippen LogP contribution in [0.2, 0.25) is 0 Å². The van der Waals surface area contributed by atoms with Crippen molar-refractivity contribution in [3.63, 3.8) is 0 Å². The first-order valence-corrected chi connectivity index (χ1v) is 4.51. The summed E-state index contributed by atoms with van der Waals surface area (Å²) in [6.07, 6.45) is 0.885. The van der Waals surface area contributed by atoms with Gasteiger partial charge in [-0.1, -0.05) is 15.9 Å². The van der Waals surface area contributed by atoms with Gasteiger partial charge in [0.25, 0.3) is 0 Å². The number of halogens is 1. The van der Waals surface area contributed by atoms with Gasteiger partial charge in [-0.05, 0) is 6.42 Å². The Labute approximate surface area is 73.4 Å². The molecule has 11 heavy (non-hydrogen) atoms. The summed E-state index contributed by atoms with van der Waals surface area (Å²) in [4.78, 5) is 0. The van der Waals surface area contributed by atoms with Gasteiger partial charge in [0.15, 0.2) is 11.8 Å². The quantitative estimate of drug-likeness (QED) is 0.761. The zero-order chi connectivity index (χ0) is 8.27. The normalized spacial score (nSPS) is 10.3. The lowest BCUT2D eigenvalue weighted by atomic mass is 10.5. The summed E-state index contributed by atoms with van der Waals surface area (Å²) in [5.74, 6) is 0.229. The van der Waals surface area contributed by atoms with Gasteiger partial charge in [0.05, 0.1) is 0 Å². The van der Waals surface area contributed by atoms with Crippen molar-refractivity contribution < 1.29 is 10.2 Å². The summed E-state index contributed by atoms with van der Waals surface area (Å²) >= 11 is 3.27. The molecule has 0 unspecified atom stereocenters. The Balaban J connectivity index is 2.67. The highest BCUT2D eigenvalue weighted by molar-refractivity contribution is 9.09. The number of rotatable bonds is 3. The topological polar surface area (TPSA) is 45.4 Å². The van der Waals surface area contributed by atoms with Crippen molar-refractivity contribution >= 4 is 15.9 Å². The van der Waals surface area contributed by atoms with E-state index in [1.807, 2.05) is 0 Å². The van der Waals surface area contributed by atoms with Crippen molar-refractivity contribution in [1.29, 1.82) is 0 Å². The molecule has 3 nitrogen and oxygen atoms in total. The van der Waals surface area contributed by atoms with Gasteiger partial charge in [-0.15, -0.1) is 0 Å². The first-order valence-electron chi connectivity index (χ1n) is 3.39.